The van der Waals surface area contributed by atoms with Crippen LogP contribution in [-0.2, 0) is 17.6 Å². The highest BCUT2D eigenvalue weighted by atomic mass is 16.2. The summed E-state index contributed by atoms with van der Waals surface area (Å²) in [5.74, 6) is 0.0557. The molecule has 0 bridgehead atoms. The minimum Gasteiger partial charge on any atom is -0.354 e. The van der Waals surface area contributed by atoms with Crippen LogP contribution in [-0.4, -0.2) is 41.8 Å². The number of likely N-dealkylation sites (tertiary alicyclic amines) is 1. The van der Waals surface area contributed by atoms with Crippen LogP contribution in [0.5, 0.6) is 0 Å². The zero-order chi connectivity index (χ0) is 19.3. The van der Waals surface area contributed by atoms with E-state index in [1.165, 1.54) is 43.2 Å². The van der Waals surface area contributed by atoms with Crippen molar-refractivity contribution >= 4 is 11.7 Å². The number of hydrogen-bond acceptors (Lipinski definition) is 3. The van der Waals surface area contributed by atoms with Crippen molar-refractivity contribution in [3.63, 3.8) is 0 Å². The Hall–Kier alpha value is -1.68. The molecule has 148 valence electrons. The van der Waals surface area contributed by atoms with Crippen molar-refractivity contribution in [1.82, 2.24) is 10.2 Å². The van der Waals surface area contributed by atoms with E-state index >= 15 is 0 Å². The maximum absolute atomic E-state index is 12.5. The van der Waals surface area contributed by atoms with Crippen LogP contribution >= 0.6 is 0 Å². The molecule has 1 heterocycles. The molecule has 4 heteroatoms. The molecule has 1 N–H and O–H groups in total. The number of hydrogen-bond donors (Lipinski definition) is 1. The average molecular weight is 371 g/mol. The molecule has 0 saturated carbocycles. The first-order chi connectivity index (χ1) is 13.0. The number of fused-ring (bicyclic) bond motifs is 1. The Morgan fingerprint density at radius 1 is 0.963 bits per heavy atom. The van der Waals surface area contributed by atoms with E-state index in [-0.39, 0.29) is 30.1 Å². The molecule has 1 fully saturated rings. The predicted molar refractivity (Wildman–Crippen MR) is 109 cm³/mol. The van der Waals surface area contributed by atoms with E-state index in [9.17, 15) is 9.59 Å². The number of aryl methyl sites for hydroxylation is 2. The van der Waals surface area contributed by atoms with E-state index in [4.69, 9.17) is 0 Å². The fourth-order valence-electron chi connectivity index (χ4n) is 4.29. The van der Waals surface area contributed by atoms with Crippen molar-refractivity contribution in [2.24, 2.45) is 0 Å². The number of amides is 1. The number of Topliss-reactive ketones (excluding diaryl/α,β-unsaturated/α-hetero) is 1. The smallest absolute Gasteiger partial charge is 0.220 e. The van der Waals surface area contributed by atoms with Gasteiger partial charge < -0.3 is 5.32 Å². The largest absolute Gasteiger partial charge is 0.354 e. The Labute approximate surface area is 163 Å². The Kier molecular flexibility index (Phi) is 6.69. The molecule has 3 rings (SSSR count). The van der Waals surface area contributed by atoms with Crippen molar-refractivity contribution in [3.05, 3.63) is 34.9 Å². The highest BCUT2D eigenvalue weighted by molar-refractivity contribution is 5.98. The van der Waals surface area contributed by atoms with Gasteiger partial charge in [-0.25, -0.2) is 0 Å². The molecule has 1 aliphatic heterocycles. The van der Waals surface area contributed by atoms with Gasteiger partial charge in [0.15, 0.2) is 5.78 Å². The second kappa shape index (κ2) is 9.01. The first kappa shape index (κ1) is 20.1. The normalized spacial score (nSPS) is 18.0. The summed E-state index contributed by atoms with van der Waals surface area (Å²) < 4.78 is 0. The maximum atomic E-state index is 12.5. The fraction of sp³-hybridized carbons (Fsp3) is 0.652. The SMILES string of the molecule is CC(C)(CNC(=O)CCC(=O)c1ccc2c(c1)CCCC2)N1CCCCC1. The number of nitrogens with zero attached hydrogens (tertiary/aromatic N) is 1. The number of carbonyl (C=O) groups is 2. The van der Waals surface area contributed by atoms with E-state index in [1.807, 2.05) is 12.1 Å². The summed E-state index contributed by atoms with van der Waals surface area (Å²) in [6, 6.07) is 6.08. The van der Waals surface area contributed by atoms with Crippen molar-refractivity contribution in [3.8, 4) is 0 Å². The highest BCUT2D eigenvalue weighted by Crippen LogP contribution is 2.23. The van der Waals surface area contributed by atoms with Crippen molar-refractivity contribution in [2.75, 3.05) is 19.6 Å². The maximum Gasteiger partial charge on any atom is 0.220 e. The van der Waals surface area contributed by atoms with Gasteiger partial charge in [-0.15, -0.1) is 0 Å². The van der Waals surface area contributed by atoms with Gasteiger partial charge in [0.05, 0.1) is 0 Å². The first-order valence-corrected chi connectivity index (χ1v) is 10.6. The summed E-state index contributed by atoms with van der Waals surface area (Å²) in [5, 5.41) is 3.04. The van der Waals surface area contributed by atoms with Gasteiger partial charge in [-0.3, -0.25) is 14.5 Å². The summed E-state index contributed by atoms with van der Waals surface area (Å²) in [6.07, 6.45) is 9.00. The van der Waals surface area contributed by atoms with Gasteiger partial charge in [0.25, 0.3) is 0 Å². The van der Waals surface area contributed by atoms with Crippen LogP contribution in [0.4, 0.5) is 0 Å². The fourth-order valence-corrected chi connectivity index (χ4v) is 4.29. The monoisotopic (exact) mass is 370 g/mol. The minimum absolute atomic E-state index is 0.0219. The Morgan fingerprint density at radius 2 is 1.67 bits per heavy atom. The summed E-state index contributed by atoms with van der Waals surface area (Å²) in [7, 11) is 0. The third-order valence-corrected chi connectivity index (χ3v) is 6.18. The van der Waals surface area contributed by atoms with Gasteiger partial charge >= 0.3 is 0 Å². The van der Waals surface area contributed by atoms with Gasteiger partial charge in [0.1, 0.15) is 0 Å². The lowest BCUT2D eigenvalue weighted by atomic mass is 9.89. The molecule has 2 aliphatic rings. The molecule has 4 nitrogen and oxygen atoms in total. The first-order valence-electron chi connectivity index (χ1n) is 10.6. The Bertz CT molecular complexity index is 675. The second-order valence-electron chi connectivity index (χ2n) is 8.75. The Morgan fingerprint density at radius 3 is 2.41 bits per heavy atom. The van der Waals surface area contributed by atoms with E-state index < -0.39 is 0 Å². The minimum atomic E-state index is -0.0292. The molecule has 0 spiro atoms. The van der Waals surface area contributed by atoms with Gasteiger partial charge in [-0.05, 0) is 82.7 Å². The number of piperidine rings is 1. The molecule has 0 radical (unpaired) electrons. The van der Waals surface area contributed by atoms with Crippen LogP contribution in [0.2, 0.25) is 0 Å². The zero-order valence-electron chi connectivity index (χ0n) is 17.0. The van der Waals surface area contributed by atoms with Crippen LogP contribution in [0.25, 0.3) is 0 Å². The molecule has 0 aromatic heterocycles. The molecule has 1 aromatic carbocycles. The van der Waals surface area contributed by atoms with E-state index in [2.05, 4.69) is 30.1 Å². The van der Waals surface area contributed by atoms with E-state index in [1.54, 1.807) is 0 Å². The molecular weight excluding hydrogens is 336 g/mol. The number of nitrogens with one attached hydrogen (secondary N) is 1. The quantitative estimate of drug-likeness (QED) is 0.741. The molecular formula is C23H34N2O2. The standard InChI is InChI=1S/C23H34N2O2/c1-23(2,25-14-6-3-7-15-25)17-24-22(27)13-12-21(26)20-11-10-18-8-4-5-9-19(18)16-20/h10-11,16H,3-9,12-15,17H2,1-2H3,(H,24,27). The predicted octanol–water partition coefficient (Wildman–Crippen LogP) is 3.91. The van der Waals surface area contributed by atoms with Gasteiger partial charge in [-0.2, -0.15) is 0 Å². The number of rotatable bonds is 7. The Balaban J connectivity index is 1.45. The molecule has 1 aromatic rings. The average Bonchev–Trinajstić information content (AvgIpc) is 2.70. The summed E-state index contributed by atoms with van der Waals surface area (Å²) in [6.45, 7) is 7.24. The molecule has 0 atom stereocenters. The lowest BCUT2D eigenvalue weighted by Gasteiger charge is -2.41. The summed E-state index contributed by atoms with van der Waals surface area (Å²) in [4.78, 5) is 27.2. The zero-order valence-corrected chi connectivity index (χ0v) is 17.0. The lowest BCUT2D eigenvalue weighted by Crippen LogP contribution is -2.53. The van der Waals surface area contributed by atoms with Gasteiger partial charge in [0, 0.05) is 30.5 Å². The van der Waals surface area contributed by atoms with Crippen molar-refractivity contribution < 1.29 is 9.59 Å². The third-order valence-electron chi connectivity index (χ3n) is 6.18. The van der Waals surface area contributed by atoms with E-state index in [0.29, 0.717) is 6.54 Å². The van der Waals surface area contributed by atoms with Crippen LogP contribution < -0.4 is 5.32 Å². The highest BCUT2D eigenvalue weighted by Gasteiger charge is 2.28. The lowest BCUT2D eigenvalue weighted by molar-refractivity contribution is -0.121. The molecule has 27 heavy (non-hydrogen) atoms. The molecule has 0 unspecified atom stereocenters. The second-order valence-corrected chi connectivity index (χ2v) is 8.75. The van der Waals surface area contributed by atoms with Crippen molar-refractivity contribution in [2.45, 2.75) is 77.2 Å². The third kappa shape index (κ3) is 5.41. The number of ketones is 1. The van der Waals surface area contributed by atoms with Crippen LogP contribution in [0, 0.1) is 0 Å². The summed E-state index contributed by atoms with van der Waals surface area (Å²) in [5.41, 5.74) is 3.44. The van der Waals surface area contributed by atoms with Crippen molar-refractivity contribution in [1.29, 1.82) is 0 Å². The molecule has 1 saturated heterocycles. The topological polar surface area (TPSA) is 49.4 Å². The summed E-state index contributed by atoms with van der Waals surface area (Å²) >= 11 is 0. The van der Waals surface area contributed by atoms with Gasteiger partial charge in [0.2, 0.25) is 5.91 Å². The van der Waals surface area contributed by atoms with E-state index in [0.717, 1.165) is 31.5 Å². The molecule has 1 aliphatic carbocycles. The van der Waals surface area contributed by atoms with Crippen LogP contribution in [0.1, 0.15) is 80.3 Å². The number of benzene rings is 1. The van der Waals surface area contributed by atoms with Gasteiger partial charge in [-0.1, -0.05) is 18.6 Å². The van der Waals surface area contributed by atoms with Crippen LogP contribution in [0.15, 0.2) is 18.2 Å². The molecule has 1 amide bonds. The number of carbonyl (C=O) groups excluding carboxylic acids is 2. The van der Waals surface area contributed by atoms with Crippen LogP contribution in [0.3, 0.4) is 0 Å².